The summed E-state index contributed by atoms with van der Waals surface area (Å²) in [6.45, 7) is 4.00. The van der Waals surface area contributed by atoms with Crippen LogP contribution in [0, 0.1) is 29.1 Å². The lowest BCUT2D eigenvalue weighted by molar-refractivity contribution is -0.189. The monoisotopic (exact) mass is 392 g/mol. The van der Waals surface area contributed by atoms with Gasteiger partial charge < -0.3 is 14.8 Å². The van der Waals surface area contributed by atoms with Gasteiger partial charge in [0.25, 0.3) is 0 Å². The lowest BCUT2D eigenvalue weighted by atomic mass is 9.43. The molecule has 5 aliphatic rings. The van der Waals surface area contributed by atoms with Crippen molar-refractivity contribution in [1.82, 2.24) is 9.55 Å². The van der Waals surface area contributed by atoms with E-state index in [1.807, 2.05) is 26.4 Å². The molecule has 4 nitrogen and oxygen atoms in total. The molecule has 1 aliphatic heterocycles. The van der Waals surface area contributed by atoms with Gasteiger partial charge in [0.1, 0.15) is 0 Å². The lowest BCUT2D eigenvalue weighted by Crippen LogP contribution is -2.59. The molecule has 0 spiro atoms. The van der Waals surface area contributed by atoms with Gasteiger partial charge in [0.2, 0.25) is 0 Å². The molecule has 4 atom stereocenters. The number of aromatic nitrogens is 2. The number of nitrogens with zero attached hydrogens (tertiary/aromatic N) is 2. The number of rotatable bonds is 4. The van der Waals surface area contributed by atoms with Crippen LogP contribution in [0.5, 0.6) is 0 Å². The van der Waals surface area contributed by atoms with Crippen LogP contribution in [0.4, 0.5) is 0 Å². The minimum absolute atomic E-state index is 0.0382. The summed E-state index contributed by atoms with van der Waals surface area (Å²) < 4.78 is 2.26. The van der Waals surface area contributed by atoms with Crippen molar-refractivity contribution in [1.29, 1.82) is 0 Å². The van der Waals surface area contributed by atoms with Crippen LogP contribution in [0.1, 0.15) is 64.0 Å². The number of benzene rings is 1. The summed E-state index contributed by atoms with van der Waals surface area (Å²) in [5, 5.41) is 22.5. The van der Waals surface area contributed by atoms with Crippen LogP contribution in [0.2, 0.25) is 0 Å². The van der Waals surface area contributed by atoms with Gasteiger partial charge in [-0.25, -0.2) is 4.98 Å². The van der Waals surface area contributed by atoms with Gasteiger partial charge in [-0.1, -0.05) is 24.3 Å². The van der Waals surface area contributed by atoms with E-state index in [9.17, 15) is 10.2 Å². The lowest BCUT2D eigenvalue weighted by Gasteiger charge is -2.63. The maximum atomic E-state index is 11.7. The van der Waals surface area contributed by atoms with Gasteiger partial charge in [-0.15, -0.1) is 0 Å². The molecule has 1 aromatic carbocycles. The van der Waals surface area contributed by atoms with Crippen LogP contribution in [0.3, 0.4) is 0 Å². The van der Waals surface area contributed by atoms with Crippen molar-refractivity contribution in [3.8, 4) is 11.3 Å². The van der Waals surface area contributed by atoms with E-state index >= 15 is 0 Å². The zero-order valence-electron chi connectivity index (χ0n) is 17.5. The highest BCUT2D eigenvalue weighted by molar-refractivity contribution is 5.68. The Kier molecular flexibility index (Phi) is 3.72. The van der Waals surface area contributed by atoms with E-state index in [1.165, 1.54) is 36.1 Å². The normalized spacial score (nSPS) is 38.1. The minimum atomic E-state index is -0.606. The summed E-state index contributed by atoms with van der Waals surface area (Å²) in [7, 11) is 0. The predicted octanol–water partition coefficient (Wildman–Crippen LogP) is 4.42. The van der Waals surface area contributed by atoms with Crippen LogP contribution in [0.15, 0.2) is 36.8 Å². The fourth-order valence-corrected chi connectivity index (χ4v) is 8.28. The van der Waals surface area contributed by atoms with Crippen LogP contribution in [-0.4, -0.2) is 31.5 Å². The Bertz CT molecular complexity index is 926. The van der Waals surface area contributed by atoms with Crippen molar-refractivity contribution >= 4 is 0 Å². The quantitative estimate of drug-likeness (QED) is 0.810. The molecule has 154 valence electrons. The molecule has 0 radical (unpaired) electrons. The SMILES string of the molecule is CC(C)(O)C1C2CC3CC1CC(C(O)CC1c4ccccc4-c4cncn41)(C3)C2. The first-order valence-electron chi connectivity index (χ1n) is 11.4. The molecular formula is C25H32N2O2. The van der Waals surface area contributed by atoms with E-state index in [0.717, 1.165) is 25.2 Å². The number of aliphatic hydroxyl groups excluding tert-OH is 1. The Morgan fingerprint density at radius 3 is 2.62 bits per heavy atom. The summed E-state index contributed by atoms with van der Waals surface area (Å²) in [5.74, 6) is 2.26. The highest BCUT2D eigenvalue weighted by Gasteiger charge is 2.60. The summed E-state index contributed by atoms with van der Waals surface area (Å²) in [6, 6.07) is 8.76. The number of fused-ring (bicyclic) bond motifs is 3. The topological polar surface area (TPSA) is 58.3 Å². The maximum Gasteiger partial charge on any atom is 0.0956 e. The summed E-state index contributed by atoms with van der Waals surface area (Å²) in [5.41, 5.74) is 3.18. The van der Waals surface area contributed by atoms with Gasteiger partial charge >= 0.3 is 0 Å². The van der Waals surface area contributed by atoms with Gasteiger partial charge in [0, 0.05) is 5.56 Å². The third-order valence-electron chi connectivity index (χ3n) is 8.89. The van der Waals surface area contributed by atoms with Gasteiger partial charge in [-0.05, 0) is 87.0 Å². The van der Waals surface area contributed by atoms with Gasteiger partial charge in [0.15, 0.2) is 0 Å². The minimum Gasteiger partial charge on any atom is -0.392 e. The fraction of sp³-hybridized carbons (Fsp3) is 0.640. The third kappa shape index (κ3) is 2.55. The Balaban J connectivity index is 1.30. The zero-order valence-corrected chi connectivity index (χ0v) is 17.5. The number of hydrogen-bond donors (Lipinski definition) is 2. The van der Waals surface area contributed by atoms with Crippen LogP contribution < -0.4 is 0 Å². The van der Waals surface area contributed by atoms with Crippen LogP contribution in [-0.2, 0) is 0 Å². The fourth-order valence-electron chi connectivity index (χ4n) is 8.28. The average Bonchev–Trinajstić information content (AvgIpc) is 3.22. The summed E-state index contributed by atoms with van der Waals surface area (Å²) >= 11 is 0. The first-order chi connectivity index (χ1) is 13.9. The molecule has 1 aromatic heterocycles. The average molecular weight is 393 g/mol. The molecule has 4 saturated carbocycles. The number of aliphatic hydroxyl groups is 2. The predicted molar refractivity (Wildman–Crippen MR) is 112 cm³/mol. The summed E-state index contributed by atoms with van der Waals surface area (Å²) in [6.07, 6.45) is 10.2. The van der Waals surface area contributed by atoms with Crippen molar-refractivity contribution in [2.45, 2.75) is 70.1 Å². The molecular weight excluding hydrogens is 360 g/mol. The van der Waals surface area contributed by atoms with Crippen LogP contribution >= 0.6 is 0 Å². The van der Waals surface area contributed by atoms with Crippen molar-refractivity contribution in [3.63, 3.8) is 0 Å². The van der Waals surface area contributed by atoms with Gasteiger partial charge in [-0.3, -0.25) is 0 Å². The molecule has 4 aliphatic carbocycles. The van der Waals surface area contributed by atoms with E-state index < -0.39 is 5.60 Å². The Morgan fingerprint density at radius 2 is 1.90 bits per heavy atom. The maximum absolute atomic E-state index is 11.7. The van der Waals surface area contributed by atoms with Crippen molar-refractivity contribution in [2.75, 3.05) is 0 Å². The molecule has 0 saturated heterocycles. The van der Waals surface area contributed by atoms with E-state index in [-0.39, 0.29) is 17.6 Å². The molecule has 29 heavy (non-hydrogen) atoms. The highest BCUT2D eigenvalue weighted by Crippen LogP contribution is 2.65. The third-order valence-corrected chi connectivity index (χ3v) is 8.89. The largest absolute Gasteiger partial charge is 0.392 e. The van der Waals surface area contributed by atoms with Crippen molar-refractivity contribution in [3.05, 3.63) is 42.4 Å². The molecule has 4 bridgehead atoms. The molecule has 2 N–H and O–H groups in total. The van der Waals surface area contributed by atoms with E-state index in [0.29, 0.717) is 17.8 Å². The Morgan fingerprint density at radius 1 is 1.17 bits per heavy atom. The van der Waals surface area contributed by atoms with Gasteiger partial charge in [-0.2, -0.15) is 0 Å². The van der Waals surface area contributed by atoms with E-state index in [4.69, 9.17) is 0 Å². The molecule has 7 rings (SSSR count). The molecule has 4 heteroatoms. The Labute approximate surface area is 173 Å². The summed E-state index contributed by atoms with van der Waals surface area (Å²) in [4.78, 5) is 4.38. The smallest absolute Gasteiger partial charge is 0.0956 e. The number of hydrogen-bond acceptors (Lipinski definition) is 3. The standard InChI is InChI=1S/C25H32N2O2/c1-24(2,29)23-16-7-15-8-17(23)12-25(10-15,11-16)22(28)9-20-18-5-3-4-6-19(18)21-13-26-14-27(20)21/h3-6,13-17,20,22-23,28-29H,7-12H2,1-2H3. The Hall–Kier alpha value is -1.65. The molecule has 2 heterocycles. The second-order valence-corrected chi connectivity index (χ2v) is 11.1. The van der Waals surface area contributed by atoms with E-state index in [1.54, 1.807) is 0 Å². The molecule has 4 fully saturated rings. The first-order valence-corrected chi connectivity index (χ1v) is 11.4. The van der Waals surface area contributed by atoms with E-state index in [2.05, 4.69) is 33.8 Å². The van der Waals surface area contributed by atoms with Crippen LogP contribution in [0.25, 0.3) is 11.3 Å². The molecule has 4 unspecified atom stereocenters. The highest BCUT2D eigenvalue weighted by atomic mass is 16.3. The second kappa shape index (κ2) is 5.95. The molecule has 0 amide bonds. The zero-order chi connectivity index (χ0) is 20.0. The van der Waals surface area contributed by atoms with Gasteiger partial charge in [0.05, 0.1) is 36.0 Å². The first kappa shape index (κ1) is 18.1. The number of imidazole rings is 1. The molecule has 2 aromatic rings. The second-order valence-electron chi connectivity index (χ2n) is 11.1. The van der Waals surface area contributed by atoms with Crippen molar-refractivity contribution < 1.29 is 10.2 Å². The van der Waals surface area contributed by atoms with Crippen molar-refractivity contribution in [2.24, 2.45) is 29.1 Å².